The smallest absolute Gasteiger partial charge is 0.267 e. The Kier molecular flexibility index (Phi) is 7.42. The number of anilines is 1. The second kappa shape index (κ2) is 10.9. The van der Waals surface area contributed by atoms with Gasteiger partial charge in [0, 0.05) is 12.7 Å². The summed E-state index contributed by atoms with van der Waals surface area (Å²) in [5.41, 5.74) is 2.96. The standard InChI is InChI=1S/C29H26N4O3S2/c1-18-13-14-25-31-26(30-16-23(34)21-11-7-4-8-12-21)22(27(35)32(25)17-18)15-24-28(36)33(29(37)38-24)19(2)20-9-5-3-6-10-20/h3-15,17,19,23,30,34H,16H2,1-2H3. The first-order chi connectivity index (χ1) is 18.3. The quantitative estimate of drug-likeness (QED) is 0.248. The van der Waals surface area contributed by atoms with Crippen molar-refractivity contribution in [3.63, 3.8) is 0 Å². The molecule has 0 radical (unpaired) electrons. The summed E-state index contributed by atoms with van der Waals surface area (Å²) < 4.78 is 1.89. The fourth-order valence-corrected chi connectivity index (χ4v) is 5.74. The number of aromatic nitrogens is 2. The molecule has 1 amide bonds. The number of aryl methyl sites for hydroxylation is 1. The Morgan fingerprint density at radius 3 is 2.37 bits per heavy atom. The number of pyridine rings is 1. The molecule has 38 heavy (non-hydrogen) atoms. The van der Waals surface area contributed by atoms with Gasteiger partial charge in [0.15, 0.2) is 0 Å². The van der Waals surface area contributed by atoms with Crippen molar-refractivity contribution < 1.29 is 9.90 Å². The maximum atomic E-state index is 13.6. The van der Waals surface area contributed by atoms with E-state index in [0.29, 0.717) is 14.9 Å². The van der Waals surface area contributed by atoms with Crippen molar-refractivity contribution in [1.29, 1.82) is 0 Å². The summed E-state index contributed by atoms with van der Waals surface area (Å²) in [6.07, 6.45) is 2.46. The molecular formula is C29H26N4O3S2. The lowest BCUT2D eigenvalue weighted by molar-refractivity contribution is -0.123. The first kappa shape index (κ1) is 25.8. The molecule has 7 nitrogen and oxygen atoms in total. The summed E-state index contributed by atoms with van der Waals surface area (Å²) in [6.45, 7) is 3.95. The third-order valence-corrected chi connectivity index (χ3v) is 7.75. The van der Waals surface area contributed by atoms with Crippen LogP contribution in [0.2, 0.25) is 0 Å². The number of carbonyl (C=O) groups is 1. The maximum Gasteiger partial charge on any atom is 0.267 e. The van der Waals surface area contributed by atoms with Gasteiger partial charge in [-0.15, -0.1) is 0 Å². The number of aliphatic hydroxyl groups excluding tert-OH is 1. The summed E-state index contributed by atoms with van der Waals surface area (Å²) in [6, 6.07) is 22.3. The van der Waals surface area contributed by atoms with E-state index < -0.39 is 6.10 Å². The summed E-state index contributed by atoms with van der Waals surface area (Å²) >= 11 is 6.73. The van der Waals surface area contributed by atoms with Crippen LogP contribution < -0.4 is 10.9 Å². The second-order valence-electron chi connectivity index (χ2n) is 9.06. The number of nitrogens with zero attached hydrogens (tertiary/aromatic N) is 3. The van der Waals surface area contributed by atoms with Gasteiger partial charge in [0.25, 0.3) is 11.5 Å². The van der Waals surface area contributed by atoms with Crippen LogP contribution in [-0.4, -0.2) is 36.2 Å². The SMILES string of the molecule is Cc1ccc2nc(NCC(O)c3ccccc3)c(C=C3SC(=S)N(C(C)c4ccccc4)C3=O)c(=O)n2c1. The average molecular weight is 543 g/mol. The van der Waals surface area contributed by atoms with Crippen LogP contribution in [0.15, 0.2) is 88.7 Å². The Morgan fingerprint density at radius 2 is 1.68 bits per heavy atom. The highest BCUT2D eigenvalue weighted by Gasteiger charge is 2.36. The third kappa shape index (κ3) is 5.13. The number of thioether (sulfide) groups is 1. The lowest BCUT2D eigenvalue weighted by Gasteiger charge is -2.23. The van der Waals surface area contributed by atoms with E-state index >= 15 is 0 Å². The lowest BCUT2D eigenvalue weighted by atomic mass is 10.1. The van der Waals surface area contributed by atoms with Crippen molar-refractivity contribution in [2.24, 2.45) is 0 Å². The van der Waals surface area contributed by atoms with Crippen LogP contribution >= 0.6 is 24.0 Å². The van der Waals surface area contributed by atoms with E-state index in [-0.39, 0.29) is 35.4 Å². The molecule has 5 rings (SSSR count). The number of thiocarbonyl (C=S) groups is 1. The normalized spacial score (nSPS) is 16.3. The zero-order valence-electron chi connectivity index (χ0n) is 20.9. The van der Waals surface area contributed by atoms with Crippen LogP contribution in [0.3, 0.4) is 0 Å². The highest BCUT2D eigenvalue weighted by molar-refractivity contribution is 8.26. The molecule has 1 aliphatic heterocycles. The molecule has 3 heterocycles. The molecule has 1 saturated heterocycles. The van der Waals surface area contributed by atoms with Crippen LogP contribution in [0.25, 0.3) is 11.7 Å². The summed E-state index contributed by atoms with van der Waals surface area (Å²) in [4.78, 5) is 33.7. The third-order valence-electron chi connectivity index (χ3n) is 6.42. The fourth-order valence-electron chi connectivity index (χ4n) is 4.34. The molecule has 0 bridgehead atoms. The van der Waals surface area contributed by atoms with Gasteiger partial charge >= 0.3 is 0 Å². The lowest BCUT2D eigenvalue weighted by Crippen LogP contribution is -2.31. The number of nitrogens with one attached hydrogen (secondary N) is 1. The predicted octanol–water partition coefficient (Wildman–Crippen LogP) is 5.11. The molecule has 1 fully saturated rings. The van der Waals surface area contributed by atoms with Gasteiger partial charge in [0.05, 0.1) is 22.6 Å². The first-order valence-corrected chi connectivity index (χ1v) is 13.4. The number of carbonyl (C=O) groups excluding carboxylic acids is 1. The van der Waals surface area contributed by atoms with E-state index in [9.17, 15) is 14.7 Å². The molecule has 2 N–H and O–H groups in total. The Bertz CT molecular complexity index is 1600. The van der Waals surface area contributed by atoms with Crippen LogP contribution in [-0.2, 0) is 4.79 Å². The van der Waals surface area contributed by atoms with E-state index in [2.05, 4.69) is 10.3 Å². The molecule has 2 aromatic heterocycles. The van der Waals surface area contributed by atoms with Crippen molar-refractivity contribution in [3.8, 4) is 0 Å². The van der Waals surface area contributed by atoms with Gasteiger partial charge in [-0.1, -0.05) is 90.7 Å². The van der Waals surface area contributed by atoms with E-state index in [0.717, 1.165) is 28.5 Å². The monoisotopic (exact) mass is 542 g/mol. The van der Waals surface area contributed by atoms with Gasteiger partial charge < -0.3 is 10.4 Å². The number of rotatable bonds is 7. The fraction of sp³-hybridized carbons (Fsp3) is 0.172. The van der Waals surface area contributed by atoms with Crippen molar-refractivity contribution in [2.45, 2.75) is 26.0 Å². The van der Waals surface area contributed by atoms with Gasteiger partial charge in [-0.3, -0.25) is 18.9 Å². The first-order valence-electron chi connectivity index (χ1n) is 12.2. The van der Waals surface area contributed by atoms with Gasteiger partial charge in [-0.25, -0.2) is 4.98 Å². The Morgan fingerprint density at radius 1 is 1.03 bits per heavy atom. The Hall–Kier alpha value is -3.79. The number of hydrogen-bond acceptors (Lipinski definition) is 7. The van der Waals surface area contributed by atoms with Crippen LogP contribution in [0.1, 0.15) is 41.3 Å². The molecule has 4 aromatic rings. The highest BCUT2D eigenvalue weighted by atomic mass is 32.2. The largest absolute Gasteiger partial charge is 0.387 e. The van der Waals surface area contributed by atoms with Gasteiger partial charge in [0.1, 0.15) is 15.8 Å². The number of benzene rings is 2. The molecule has 2 atom stereocenters. The average Bonchev–Trinajstić information content (AvgIpc) is 3.22. The minimum Gasteiger partial charge on any atom is -0.387 e. The number of fused-ring (bicyclic) bond motifs is 1. The van der Waals surface area contributed by atoms with Crippen molar-refractivity contribution in [2.75, 3.05) is 11.9 Å². The van der Waals surface area contributed by atoms with Gasteiger partial charge in [0.2, 0.25) is 0 Å². The van der Waals surface area contributed by atoms with Crippen molar-refractivity contribution in [1.82, 2.24) is 14.3 Å². The number of aliphatic hydroxyl groups is 1. The van der Waals surface area contributed by atoms with Crippen LogP contribution in [0.5, 0.6) is 0 Å². The second-order valence-corrected chi connectivity index (χ2v) is 10.7. The molecule has 2 aromatic carbocycles. The minimum atomic E-state index is -0.813. The van der Waals surface area contributed by atoms with Gasteiger partial charge in [-0.05, 0) is 42.7 Å². The zero-order valence-corrected chi connectivity index (χ0v) is 22.5. The Balaban J connectivity index is 1.52. The number of amides is 1. The van der Waals surface area contributed by atoms with Crippen molar-refractivity contribution in [3.05, 3.63) is 117 Å². The van der Waals surface area contributed by atoms with Crippen LogP contribution in [0.4, 0.5) is 5.82 Å². The van der Waals surface area contributed by atoms with Crippen LogP contribution in [0, 0.1) is 6.92 Å². The molecular weight excluding hydrogens is 516 g/mol. The summed E-state index contributed by atoms with van der Waals surface area (Å²) in [7, 11) is 0. The molecule has 2 unspecified atom stereocenters. The molecule has 0 spiro atoms. The summed E-state index contributed by atoms with van der Waals surface area (Å²) in [5.74, 6) is 0.0237. The zero-order chi connectivity index (χ0) is 26.8. The van der Waals surface area contributed by atoms with E-state index in [1.54, 1.807) is 23.2 Å². The molecule has 0 saturated carbocycles. The van der Waals surface area contributed by atoms with E-state index in [1.807, 2.05) is 80.6 Å². The molecule has 192 valence electrons. The molecule has 1 aliphatic rings. The number of hydrogen-bond donors (Lipinski definition) is 2. The summed E-state index contributed by atoms with van der Waals surface area (Å²) in [5, 5.41) is 13.8. The van der Waals surface area contributed by atoms with Gasteiger partial charge in [-0.2, -0.15) is 0 Å². The maximum absolute atomic E-state index is 13.6. The Labute approximate surface area is 229 Å². The topological polar surface area (TPSA) is 86.9 Å². The minimum absolute atomic E-state index is 0.130. The predicted molar refractivity (Wildman–Crippen MR) is 156 cm³/mol. The van der Waals surface area contributed by atoms with Crippen molar-refractivity contribution >= 4 is 51.7 Å². The van der Waals surface area contributed by atoms with E-state index in [1.165, 1.54) is 4.40 Å². The molecule has 9 heteroatoms. The van der Waals surface area contributed by atoms with E-state index in [4.69, 9.17) is 12.2 Å². The highest BCUT2D eigenvalue weighted by Crippen LogP contribution is 2.38. The molecule has 0 aliphatic carbocycles.